The quantitative estimate of drug-likeness (QED) is 0.369. The molecule has 0 aromatic carbocycles. The molecule has 4 heteroatoms. The molecule has 60 valence electrons. The average Bonchev–Trinajstić information content (AvgIpc) is 2.48. The Morgan fingerprint density at radius 3 is 1.82 bits per heavy atom. The van der Waals surface area contributed by atoms with Gasteiger partial charge in [-0.3, -0.25) is 9.59 Å². The predicted molar refractivity (Wildman–Crippen MR) is 33.2 cm³/mol. The van der Waals surface area contributed by atoms with Gasteiger partial charge in [-0.1, -0.05) is 0 Å². The van der Waals surface area contributed by atoms with E-state index in [2.05, 4.69) is 35.7 Å². The van der Waals surface area contributed by atoms with Crippen LogP contribution >= 0.6 is 0 Å². The molecule has 1 aliphatic rings. The van der Waals surface area contributed by atoms with E-state index >= 15 is 0 Å². The van der Waals surface area contributed by atoms with Gasteiger partial charge in [0.2, 0.25) is 0 Å². The van der Waals surface area contributed by atoms with Crippen LogP contribution in [-0.4, -0.2) is 13.6 Å². The van der Waals surface area contributed by atoms with E-state index in [4.69, 9.17) is 9.59 Å². The first-order chi connectivity index (χ1) is 4.89. The maximum atomic E-state index is 7.50. The van der Waals surface area contributed by atoms with Gasteiger partial charge in [-0.2, -0.15) is 0 Å². The van der Waals surface area contributed by atoms with Crippen LogP contribution in [0.3, 0.4) is 0 Å². The minimum Gasteiger partial charge on any atom is -1.00 e. The zero-order valence-corrected chi connectivity index (χ0v) is 8.75. The minimum absolute atomic E-state index is 0. The summed E-state index contributed by atoms with van der Waals surface area (Å²) in [6.45, 7) is 9.00. The van der Waals surface area contributed by atoms with Crippen molar-refractivity contribution in [2.75, 3.05) is 0 Å². The molecule has 2 nitrogen and oxygen atoms in total. The summed E-state index contributed by atoms with van der Waals surface area (Å²) >= 11 is 3.74. The summed E-state index contributed by atoms with van der Waals surface area (Å²) in [5.74, 6) is 0. The van der Waals surface area contributed by atoms with Gasteiger partial charge in [-0.05, 0) is 0 Å². The first-order valence-corrected chi connectivity index (χ1v) is 2.85. The number of halogens is 1. The Morgan fingerprint density at radius 1 is 1.27 bits per heavy atom. The molecule has 0 atom stereocenters. The van der Waals surface area contributed by atoms with E-state index in [1.165, 1.54) is 4.47 Å². The summed E-state index contributed by atoms with van der Waals surface area (Å²) in [6, 6.07) is 0. The molecule has 0 saturated heterocycles. The number of hydrogen-bond acceptors (Lipinski definition) is 2. The Bertz CT molecular complexity index is 132. The van der Waals surface area contributed by atoms with Crippen LogP contribution in [0.15, 0.2) is 22.7 Å². The summed E-state index contributed by atoms with van der Waals surface area (Å²) in [4.78, 5) is 15.0. The molecular formula is C7H5FeIO2. The third-order valence-corrected chi connectivity index (χ3v) is 1.13. The van der Waals surface area contributed by atoms with E-state index in [-0.39, 0.29) is 24.0 Å². The van der Waals surface area contributed by atoms with E-state index in [0.717, 1.165) is 6.42 Å². The van der Waals surface area contributed by atoms with Gasteiger partial charge in [-0.15, -0.1) is 0 Å². The summed E-state index contributed by atoms with van der Waals surface area (Å²) in [5.41, 5.74) is 0. The van der Waals surface area contributed by atoms with Crippen LogP contribution in [0.1, 0.15) is 6.42 Å². The van der Waals surface area contributed by atoms with Gasteiger partial charge in [-0.25, -0.2) is 0 Å². The second kappa shape index (κ2) is 16.6. The first-order valence-electron chi connectivity index (χ1n) is 2.30. The zero-order valence-electron chi connectivity index (χ0n) is 5.49. The topological polar surface area (TPSA) is 34.1 Å². The number of hydrogen-bond donors (Lipinski definition) is 0. The molecule has 0 fully saturated rings. The Hall–Kier alpha value is 0.0695. The monoisotopic (exact) mass is 304 g/mol. The SMILES string of the molecule is [C]=O.[C]=O.[Fe+][C]1=CC=CC1.[I-]. The van der Waals surface area contributed by atoms with Crippen molar-refractivity contribution in [3.63, 3.8) is 0 Å². The molecule has 0 heterocycles. The molecule has 4 radical (unpaired) electrons. The Kier molecular flexibility index (Phi) is 26.0. The molecule has 0 aromatic heterocycles. The molecule has 0 N–H and O–H groups in total. The van der Waals surface area contributed by atoms with Crippen LogP contribution in [0.25, 0.3) is 0 Å². The van der Waals surface area contributed by atoms with E-state index in [1.807, 2.05) is 12.2 Å². The predicted octanol–water partition coefficient (Wildman–Crippen LogP) is -2.41. The van der Waals surface area contributed by atoms with Crippen molar-refractivity contribution in [1.82, 2.24) is 0 Å². The molecule has 0 aromatic rings. The van der Waals surface area contributed by atoms with Crippen LogP contribution in [0.5, 0.6) is 0 Å². The molecular weight excluding hydrogens is 299 g/mol. The Balaban J connectivity index is -0.000000114. The van der Waals surface area contributed by atoms with Gasteiger partial charge in [0.05, 0.1) is 0 Å². The van der Waals surface area contributed by atoms with Crippen molar-refractivity contribution in [2.24, 2.45) is 0 Å². The minimum atomic E-state index is 0. The fraction of sp³-hybridized carbons (Fsp3) is 0.143. The normalized spacial score (nSPS) is 10.8. The Labute approximate surface area is 92.0 Å². The largest absolute Gasteiger partial charge is 1.00 e. The molecule has 11 heavy (non-hydrogen) atoms. The van der Waals surface area contributed by atoms with Gasteiger partial charge in [0.15, 0.2) is 0 Å². The van der Waals surface area contributed by atoms with E-state index in [0.29, 0.717) is 0 Å². The van der Waals surface area contributed by atoms with Crippen molar-refractivity contribution < 1.29 is 49.6 Å². The van der Waals surface area contributed by atoms with Crippen LogP contribution in [0.4, 0.5) is 0 Å². The smallest absolute Gasteiger partial charge is 1.00 e. The number of allylic oxidation sites excluding steroid dienone is 4. The van der Waals surface area contributed by atoms with Gasteiger partial charge >= 0.3 is 45.1 Å². The summed E-state index contributed by atoms with van der Waals surface area (Å²) in [6.07, 6.45) is 7.21. The van der Waals surface area contributed by atoms with Gasteiger partial charge in [0, 0.05) is 0 Å². The maximum absolute atomic E-state index is 7.50. The summed E-state index contributed by atoms with van der Waals surface area (Å²) in [5, 5.41) is 0. The van der Waals surface area contributed by atoms with E-state index in [9.17, 15) is 0 Å². The number of rotatable bonds is 0. The third kappa shape index (κ3) is 13.1. The van der Waals surface area contributed by atoms with E-state index < -0.39 is 0 Å². The number of carbonyl (C=O) groups excluding carboxylic acids is 2. The molecule has 0 spiro atoms. The van der Waals surface area contributed by atoms with Crippen molar-refractivity contribution >= 4 is 13.6 Å². The van der Waals surface area contributed by atoms with E-state index in [1.54, 1.807) is 0 Å². The van der Waals surface area contributed by atoms with Gasteiger partial charge in [0.1, 0.15) is 0 Å². The fourth-order valence-corrected chi connectivity index (χ4v) is 0.652. The second-order valence-electron chi connectivity index (χ2n) is 1.23. The molecule has 1 rings (SSSR count). The molecule has 0 saturated carbocycles. The summed E-state index contributed by atoms with van der Waals surface area (Å²) < 4.78 is 1.22. The van der Waals surface area contributed by atoms with Crippen LogP contribution in [-0.2, 0) is 25.6 Å². The van der Waals surface area contributed by atoms with Crippen LogP contribution < -0.4 is 24.0 Å². The standard InChI is InChI=1S/C5H5.2CO.Fe.HI/c1-2-4-5-3-1;2*1-2;;/h1-3H,4H2;;;;1H/q;;;+1;/p-1. The van der Waals surface area contributed by atoms with Crippen molar-refractivity contribution in [2.45, 2.75) is 6.42 Å². The van der Waals surface area contributed by atoms with Crippen LogP contribution in [0, 0.1) is 0 Å². The van der Waals surface area contributed by atoms with Gasteiger partial charge < -0.3 is 24.0 Å². The average molecular weight is 304 g/mol. The van der Waals surface area contributed by atoms with Gasteiger partial charge in [0.25, 0.3) is 13.6 Å². The Morgan fingerprint density at radius 2 is 1.73 bits per heavy atom. The van der Waals surface area contributed by atoms with Crippen molar-refractivity contribution in [3.05, 3.63) is 22.7 Å². The van der Waals surface area contributed by atoms with Crippen LogP contribution in [0.2, 0.25) is 0 Å². The molecule has 0 amide bonds. The third-order valence-electron chi connectivity index (χ3n) is 0.717. The second-order valence-corrected chi connectivity index (χ2v) is 1.94. The molecule has 0 bridgehead atoms. The summed E-state index contributed by atoms with van der Waals surface area (Å²) in [7, 11) is 0. The van der Waals surface area contributed by atoms with Crippen molar-refractivity contribution in [1.29, 1.82) is 0 Å². The fourth-order valence-electron chi connectivity index (χ4n) is 0.416. The van der Waals surface area contributed by atoms with Crippen molar-refractivity contribution in [3.8, 4) is 0 Å². The molecule has 0 aliphatic heterocycles. The zero-order chi connectivity index (χ0) is 8.41. The molecule has 1 aliphatic carbocycles. The first kappa shape index (κ1) is 17.2. The molecule has 0 unspecified atom stereocenters. The maximum Gasteiger partial charge on any atom is -1.00 e.